The maximum atomic E-state index is 5.89. The van der Waals surface area contributed by atoms with Crippen LogP contribution in [0.5, 0.6) is 17.2 Å². The summed E-state index contributed by atoms with van der Waals surface area (Å²) < 4.78 is 13.3. The number of hydrogen-bond acceptors (Lipinski definition) is 3. The molecule has 0 aliphatic heterocycles. The molecule has 0 amide bonds. The van der Waals surface area contributed by atoms with Crippen molar-refractivity contribution in [1.29, 1.82) is 0 Å². The Kier molecular flexibility index (Phi) is 4.32. The summed E-state index contributed by atoms with van der Waals surface area (Å²) in [4.78, 5) is 4.62. The molecule has 0 unspecified atom stereocenters. The molecule has 0 saturated heterocycles. The van der Waals surface area contributed by atoms with Crippen LogP contribution < -0.4 is 9.47 Å². The highest BCUT2D eigenvalue weighted by Gasteiger charge is 2.07. The summed E-state index contributed by atoms with van der Waals surface area (Å²) >= 11 is 0. The average molecular weight is 344 g/mol. The minimum atomic E-state index is 0.787. The number of para-hydroxylation sites is 2. The highest BCUT2D eigenvalue weighted by Crippen LogP contribution is 2.25. The Morgan fingerprint density at radius 1 is 0.808 bits per heavy atom. The van der Waals surface area contributed by atoms with Crippen LogP contribution in [0.15, 0.2) is 72.8 Å². The Labute approximate surface area is 152 Å². The second kappa shape index (κ2) is 6.92. The van der Waals surface area contributed by atoms with E-state index in [4.69, 9.17) is 9.47 Å². The number of fused-ring (bicyclic) bond motifs is 1. The minimum absolute atomic E-state index is 0.787. The minimum Gasteiger partial charge on any atom is -0.497 e. The van der Waals surface area contributed by atoms with Gasteiger partial charge in [0.15, 0.2) is 0 Å². The van der Waals surface area contributed by atoms with Crippen LogP contribution in [-0.4, -0.2) is 16.7 Å². The van der Waals surface area contributed by atoms with Crippen LogP contribution in [0.2, 0.25) is 0 Å². The Morgan fingerprint density at radius 3 is 2.12 bits per heavy atom. The van der Waals surface area contributed by atoms with Crippen molar-refractivity contribution in [3.63, 3.8) is 0 Å². The molecular weight excluding hydrogens is 324 g/mol. The third-order valence-corrected chi connectivity index (χ3v) is 4.40. The van der Waals surface area contributed by atoms with Crippen LogP contribution in [-0.2, 0) is 6.54 Å². The number of aryl methyl sites for hydroxylation is 1. The number of hydrogen-bond donors (Lipinski definition) is 0. The topological polar surface area (TPSA) is 36.3 Å². The molecular formula is C22H20N2O2. The van der Waals surface area contributed by atoms with Crippen molar-refractivity contribution in [3.05, 3.63) is 84.2 Å². The first-order valence-electron chi connectivity index (χ1n) is 8.55. The summed E-state index contributed by atoms with van der Waals surface area (Å²) in [7, 11) is 1.65. The summed E-state index contributed by atoms with van der Waals surface area (Å²) in [5.74, 6) is 3.43. The number of nitrogens with zero attached hydrogens (tertiary/aromatic N) is 2. The Balaban J connectivity index is 1.51. The van der Waals surface area contributed by atoms with Gasteiger partial charge in [-0.15, -0.1) is 0 Å². The van der Waals surface area contributed by atoms with E-state index in [2.05, 4.69) is 27.8 Å². The normalized spacial score (nSPS) is 10.8. The standard InChI is InChI=1S/C22H20N2O2/c1-16-23-21-5-3-4-6-22(21)24(16)15-17-7-9-19(10-8-17)26-20-13-11-18(25-2)12-14-20/h3-14H,15H2,1-2H3. The highest BCUT2D eigenvalue weighted by atomic mass is 16.5. The quantitative estimate of drug-likeness (QED) is 0.500. The Hall–Kier alpha value is -3.27. The van der Waals surface area contributed by atoms with E-state index < -0.39 is 0 Å². The first-order valence-corrected chi connectivity index (χ1v) is 8.55. The maximum Gasteiger partial charge on any atom is 0.127 e. The highest BCUT2D eigenvalue weighted by molar-refractivity contribution is 5.75. The fourth-order valence-corrected chi connectivity index (χ4v) is 3.02. The molecule has 0 aliphatic rings. The van der Waals surface area contributed by atoms with Gasteiger partial charge >= 0.3 is 0 Å². The van der Waals surface area contributed by atoms with Gasteiger partial charge in [0.1, 0.15) is 23.1 Å². The summed E-state index contributed by atoms with van der Waals surface area (Å²) in [6, 6.07) is 24.0. The van der Waals surface area contributed by atoms with E-state index in [0.717, 1.165) is 40.7 Å². The summed E-state index contributed by atoms with van der Waals surface area (Å²) in [5, 5.41) is 0. The molecule has 1 aromatic heterocycles. The predicted molar refractivity (Wildman–Crippen MR) is 103 cm³/mol. The molecule has 0 N–H and O–H groups in total. The summed E-state index contributed by atoms with van der Waals surface area (Å²) in [6.45, 7) is 2.83. The fraction of sp³-hybridized carbons (Fsp3) is 0.136. The lowest BCUT2D eigenvalue weighted by Gasteiger charge is -2.09. The number of ether oxygens (including phenoxy) is 2. The molecule has 0 radical (unpaired) electrons. The molecule has 0 atom stereocenters. The van der Waals surface area contributed by atoms with Crippen LogP contribution >= 0.6 is 0 Å². The lowest BCUT2D eigenvalue weighted by molar-refractivity contribution is 0.413. The molecule has 4 heteroatoms. The van der Waals surface area contributed by atoms with Crippen molar-refractivity contribution in [2.45, 2.75) is 13.5 Å². The summed E-state index contributed by atoms with van der Waals surface area (Å²) in [6.07, 6.45) is 0. The fourth-order valence-electron chi connectivity index (χ4n) is 3.02. The molecule has 0 fully saturated rings. The molecule has 1 heterocycles. The molecule has 3 aromatic carbocycles. The van der Waals surface area contributed by atoms with E-state index >= 15 is 0 Å². The van der Waals surface area contributed by atoms with Gasteiger partial charge < -0.3 is 14.0 Å². The van der Waals surface area contributed by atoms with Crippen LogP contribution in [0, 0.1) is 6.92 Å². The van der Waals surface area contributed by atoms with Crippen molar-refractivity contribution in [1.82, 2.24) is 9.55 Å². The molecule has 4 rings (SSSR count). The van der Waals surface area contributed by atoms with Crippen molar-refractivity contribution in [3.8, 4) is 17.2 Å². The van der Waals surface area contributed by atoms with Gasteiger partial charge in [-0.2, -0.15) is 0 Å². The van der Waals surface area contributed by atoms with E-state index in [9.17, 15) is 0 Å². The SMILES string of the molecule is COc1ccc(Oc2ccc(Cn3c(C)nc4ccccc43)cc2)cc1. The van der Waals surface area contributed by atoms with Gasteiger partial charge in [-0.25, -0.2) is 4.98 Å². The maximum absolute atomic E-state index is 5.89. The van der Waals surface area contributed by atoms with E-state index in [1.807, 2.05) is 61.5 Å². The van der Waals surface area contributed by atoms with Crippen LogP contribution in [0.1, 0.15) is 11.4 Å². The van der Waals surface area contributed by atoms with Crippen LogP contribution in [0.3, 0.4) is 0 Å². The number of rotatable bonds is 5. The second-order valence-corrected chi connectivity index (χ2v) is 6.16. The van der Waals surface area contributed by atoms with Crippen LogP contribution in [0.25, 0.3) is 11.0 Å². The smallest absolute Gasteiger partial charge is 0.127 e. The molecule has 130 valence electrons. The first kappa shape index (κ1) is 16.2. The van der Waals surface area contributed by atoms with Gasteiger partial charge in [-0.1, -0.05) is 24.3 Å². The predicted octanol–water partition coefficient (Wildman–Crippen LogP) is 5.19. The van der Waals surface area contributed by atoms with E-state index in [0.29, 0.717) is 0 Å². The van der Waals surface area contributed by atoms with E-state index in [1.165, 1.54) is 5.56 Å². The Bertz CT molecular complexity index is 1020. The van der Waals surface area contributed by atoms with Gasteiger partial charge in [0.2, 0.25) is 0 Å². The first-order chi connectivity index (χ1) is 12.7. The van der Waals surface area contributed by atoms with Gasteiger partial charge in [0.05, 0.1) is 18.1 Å². The number of aromatic nitrogens is 2. The lowest BCUT2D eigenvalue weighted by Crippen LogP contribution is -2.01. The van der Waals surface area contributed by atoms with Crippen molar-refractivity contribution in [2.24, 2.45) is 0 Å². The zero-order valence-electron chi connectivity index (χ0n) is 14.8. The third-order valence-electron chi connectivity index (χ3n) is 4.40. The molecule has 4 aromatic rings. The van der Waals surface area contributed by atoms with Gasteiger partial charge in [0, 0.05) is 6.54 Å². The van der Waals surface area contributed by atoms with Crippen molar-refractivity contribution >= 4 is 11.0 Å². The molecule has 0 saturated carbocycles. The number of methoxy groups -OCH3 is 1. The molecule has 4 nitrogen and oxygen atoms in total. The van der Waals surface area contributed by atoms with Crippen molar-refractivity contribution < 1.29 is 9.47 Å². The summed E-state index contributed by atoms with van der Waals surface area (Å²) in [5.41, 5.74) is 3.39. The van der Waals surface area contributed by atoms with Crippen LogP contribution in [0.4, 0.5) is 0 Å². The molecule has 0 bridgehead atoms. The van der Waals surface area contributed by atoms with Gasteiger partial charge in [0.25, 0.3) is 0 Å². The van der Waals surface area contributed by atoms with Gasteiger partial charge in [-0.05, 0) is 61.0 Å². The lowest BCUT2D eigenvalue weighted by atomic mass is 10.2. The van der Waals surface area contributed by atoms with Gasteiger partial charge in [-0.3, -0.25) is 0 Å². The third kappa shape index (κ3) is 3.26. The zero-order valence-corrected chi connectivity index (χ0v) is 14.8. The number of imidazole rings is 1. The monoisotopic (exact) mass is 344 g/mol. The average Bonchev–Trinajstić information content (AvgIpc) is 2.99. The molecule has 0 spiro atoms. The Morgan fingerprint density at radius 2 is 1.42 bits per heavy atom. The second-order valence-electron chi connectivity index (χ2n) is 6.16. The largest absolute Gasteiger partial charge is 0.497 e. The number of benzene rings is 3. The van der Waals surface area contributed by atoms with E-state index in [1.54, 1.807) is 7.11 Å². The van der Waals surface area contributed by atoms with Crippen molar-refractivity contribution in [2.75, 3.05) is 7.11 Å². The molecule has 0 aliphatic carbocycles. The molecule has 26 heavy (non-hydrogen) atoms. The zero-order chi connectivity index (χ0) is 17.9. The van der Waals surface area contributed by atoms with E-state index in [-0.39, 0.29) is 0 Å².